The zero-order valence-electron chi connectivity index (χ0n) is 9.58. The van der Waals surface area contributed by atoms with E-state index in [0.717, 1.165) is 36.9 Å². The molecule has 1 fully saturated rings. The molecule has 1 aromatic rings. The maximum atomic E-state index is 9.83. The summed E-state index contributed by atoms with van der Waals surface area (Å²) in [5.74, 6) is 1.64. The molecule has 0 spiro atoms. The summed E-state index contributed by atoms with van der Waals surface area (Å²) in [5.41, 5.74) is 0.479. The van der Waals surface area contributed by atoms with E-state index in [1.807, 2.05) is 20.8 Å². The summed E-state index contributed by atoms with van der Waals surface area (Å²) in [6.07, 6.45) is 0.813. The lowest BCUT2D eigenvalue weighted by Crippen LogP contribution is -2.60. The summed E-state index contributed by atoms with van der Waals surface area (Å²) in [4.78, 5) is 6.46. The summed E-state index contributed by atoms with van der Waals surface area (Å²) < 4.78 is 5.49. The van der Waals surface area contributed by atoms with Gasteiger partial charge in [-0.1, -0.05) is 6.92 Å². The van der Waals surface area contributed by atoms with Crippen LogP contribution in [0.15, 0.2) is 4.42 Å². The Labute approximate surface area is 89.9 Å². The summed E-state index contributed by atoms with van der Waals surface area (Å²) in [7, 11) is 0. The maximum Gasteiger partial charge on any atom is 0.208 e. The molecule has 1 N–H and O–H groups in total. The smallest absolute Gasteiger partial charge is 0.208 e. The highest BCUT2D eigenvalue weighted by Gasteiger charge is 2.39. The molecule has 4 nitrogen and oxygen atoms in total. The average molecular weight is 210 g/mol. The molecular formula is C11H18N2O2. The van der Waals surface area contributed by atoms with Gasteiger partial charge in [-0.2, -0.15) is 0 Å². The van der Waals surface area contributed by atoms with Crippen LogP contribution in [0.4, 0.5) is 0 Å². The van der Waals surface area contributed by atoms with Gasteiger partial charge in [-0.25, -0.2) is 4.98 Å². The summed E-state index contributed by atoms with van der Waals surface area (Å²) in [6.45, 7) is 8.03. The third-order valence-corrected chi connectivity index (χ3v) is 3.13. The lowest BCUT2D eigenvalue weighted by molar-refractivity contribution is -0.105. The van der Waals surface area contributed by atoms with E-state index in [9.17, 15) is 5.11 Å². The molecular weight excluding hydrogens is 192 g/mol. The average Bonchev–Trinajstić information content (AvgIpc) is 2.43. The Bertz CT molecular complexity index is 334. The predicted octanol–water partition coefficient (Wildman–Crippen LogP) is 1.25. The highest BCUT2D eigenvalue weighted by Crippen LogP contribution is 2.25. The van der Waals surface area contributed by atoms with E-state index in [1.165, 1.54) is 0 Å². The van der Waals surface area contributed by atoms with Crippen LogP contribution in [0.2, 0.25) is 0 Å². The van der Waals surface area contributed by atoms with E-state index in [0.29, 0.717) is 6.54 Å². The topological polar surface area (TPSA) is 49.5 Å². The number of rotatable bonds is 3. The number of aryl methyl sites for hydroxylation is 2. The first-order chi connectivity index (χ1) is 7.02. The van der Waals surface area contributed by atoms with Crippen molar-refractivity contribution >= 4 is 0 Å². The van der Waals surface area contributed by atoms with Crippen LogP contribution in [0.1, 0.15) is 30.7 Å². The third-order valence-electron chi connectivity index (χ3n) is 3.13. The largest absolute Gasteiger partial charge is 0.444 e. The molecule has 0 atom stereocenters. The van der Waals surface area contributed by atoms with Gasteiger partial charge in [0.2, 0.25) is 5.89 Å². The van der Waals surface area contributed by atoms with Gasteiger partial charge in [-0.15, -0.1) is 0 Å². The Hall–Kier alpha value is -0.870. The molecule has 0 radical (unpaired) electrons. The molecule has 0 aliphatic carbocycles. The van der Waals surface area contributed by atoms with Crippen molar-refractivity contribution in [1.82, 2.24) is 9.88 Å². The van der Waals surface area contributed by atoms with Crippen LogP contribution in [0.3, 0.4) is 0 Å². The van der Waals surface area contributed by atoms with Crippen LogP contribution in [0, 0.1) is 13.8 Å². The van der Waals surface area contributed by atoms with Gasteiger partial charge in [0.25, 0.3) is 0 Å². The Balaban J connectivity index is 1.90. The monoisotopic (exact) mass is 210 g/mol. The van der Waals surface area contributed by atoms with Gasteiger partial charge in [0.05, 0.1) is 17.8 Å². The second kappa shape index (κ2) is 3.61. The highest BCUT2D eigenvalue weighted by atomic mass is 16.4. The van der Waals surface area contributed by atoms with E-state index in [4.69, 9.17) is 4.42 Å². The van der Waals surface area contributed by atoms with Crippen molar-refractivity contribution in [2.45, 2.75) is 39.3 Å². The SMILES string of the molecule is CCC1(O)CN(Cc2nc(C)c(C)o2)C1. The number of hydrogen-bond acceptors (Lipinski definition) is 4. The standard InChI is InChI=1S/C11H18N2O2/c1-4-11(14)6-13(7-11)5-10-12-8(2)9(3)15-10/h14H,4-7H2,1-3H3. The van der Waals surface area contributed by atoms with Gasteiger partial charge in [0.1, 0.15) is 5.76 Å². The fraction of sp³-hybridized carbons (Fsp3) is 0.727. The Morgan fingerprint density at radius 2 is 2.13 bits per heavy atom. The fourth-order valence-electron chi connectivity index (χ4n) is 1.92. The minimum absolute atomic E-state index is 0.476. The molecule has 0 bridgehead atoms. The number of nitrogens with zero attached hydrogens (tertiary/aromatic N) is 2. The molecule has 1 aliphatic heterocycles. The molecule has 15 heavy (non-hydrogen) atoms. The van der Waals surface area contributed by atoms with E-state index in [-0.39, 0.29) is 0 Å². The molecule has 4 heteroatoms. The van der Waals surface area contributed by atoms with Crippen LogP contribution >= 0.6 is 0 Å². The minimum Gasteiger partial charge on any atom is -0.444 e. The second-order valence-corrected chi connectivity index (χ2v) is 4.47. The number of hydrogen-bond donors (Lipinski definition) is 1. The van der Waals surface area contributed by atoms with E-state index >= 15 is 0 Å². The lowest BCUT2D eigenvalue weighted by Gasteiger charge is -2.45. The van der Waals surface area contributed by atoms with Crippen molar-refractivity contribution in [3.63, 3.8) is 0 Å². The third kappa shape index (κ3) is 2.06. The van der Waals surface area contributed by atoms with E-state index < -0.39 is 5.60 Å². The minimum atomic E-state index is -0.476. The van der Waals surface area contributed by atoms with Crippen molar-refractivity contribution < 1.29 is 9.52 Å². The molecule has 0 aromatic carbocycles. The second-order valence-electron chi connectivity index (χ2n) is 4.47. The predicted molar refractivity (Wildman–Crippen MR) is 56.5 cm³/mol. The summed E-state index contributed by atoms with van der Waals surface area (Å²) in [5, 5.41) is 9.83. The quantitative estimate of drug-likeness (QED) is 0.815. The molecule has 1 aliphatic rings. The lowest BCUT2D eigenvalue weighted by atomic mass is 9.91. The van der Waals surface area contributed by atoms with Crippen LogP contribution < -0.4 is 0 Å². The zero-order chi connectivity index (χ0) is 11.1. The number of aromatic nitrogens is 1. The fourth-order valence-corrected chi connectivity index (χ4v) is 1.92. The van der Waals surface area contributed by atoms with Gasteiger partial charge in [-0.3, -0.25) is 4.90 Å². The van der Waals surface area contributed by atoms with Crippen molar-refractivity contribution in [3.8, 4) is 0 Å². The maximum absolute atomic E-state index is 9.83. The van der Waals surface area contributed by atoms with Crippen LogP contribution in [-0.2, 0) is 6.54 Å². The summed E-state index contributed by atoms with van der Waals surface area (Å²) in [6, 6.07) is 0. The molecule has 84 valence electrons. The first-order valence-electron chi connectivity index (χ1n) is 5.40. The Kier molecular flexibility index (Phi) is 2.56. The molecule has 0 unspecified atom stereocenters. The molecule has 1 saturated heterocycles. The Morgan fingerprint density at radius 3 is 2.60 bits per heavy atom. The molecule has 2 heterocycles. The molecule has 0 saturated carbocycles. The molecule has 1 aromatic heterocycles. The normalized spacial score (nSPS) is 20.3. The molecule has 2 rings (SSSR count). The van der Waals surface area contributed by atoms with Gasteiger partial charge in [0, 0.05) is 13.1 Å². The van der Waals surface area contributed by atoms with Gasteiger partial charge < -0.3 is 9.52 Å². The van der Waals surface area contributed by atoms with Crippen molar-refractivity contribution in [3.05, 3.63) is 17.3 Å². The number of aliphatic hydroxyl groups is 1. The number of oxazole rings is 1. The van der Waals surface area contributed by atoms with Gasteiger partial charge >= 0.3 is 0 Å². The highest BCUT2D eigenvalue weighted by molar-refractivity contribution is 5.06. The Morgan fingerprint density at radius 1 is 1.47 bits per heavy atom. The molecule has 0 amide bonds. The first-order valence-corrected chi connectivity index (χ1v) is 5.40. The van der Waals surface area contributed by atoms with Crippen LogP contribution in [0.5, 0.6) is 0 Å². The van der Waals surface area contributed by atoms with Gasteiger partial charge in [-0.05, 0) is 20.3 Å². The number of likely N-dealkylation sites (tertiary alicyclic amines) is 1. The first kappa shape index (κ1) is 10.6. The zero-order valence-corrected chi connectivity index (χ0v) is 9.58. The van der Waals surface area contributed by atoms with Crippen molar-refractivity contribution in [2.75, 3.05) is 13.1 Å². The van der Waals surface area contributed by atoms with Crippen molar-refractivity contribution in [2.24, 2.45) is 0 Å². The van der Waals surface area contributed by atoms with Gasteiger partial charge in [0.15, 0.2) is 0 Å². The van der Waals surface area contributed by atoms with Crippen molar-refractivity contribution in [1.29, 1.82) is 0 Å². The summed E-state index contributed by atoms with van der Waals surface area (Å²) >= 11 is 0. The van der Waals surface area contributed by atoms with E-state index in [1.54, 1.807) is 0 Å². The number of β-amino-alcohol motifs (C(OH)–C–C–N with tert-alkyl or cyclic N) is 1. The van der Waals surface area contributed by atoms with Crippen LogP contribution in [0.25, 0.3) is 0 Å². The van der Waals surface area contributed by atoms with E-state index in [2.05, 4.69) is 9.88 Å². The van der Waals surface area contributed by atoms with Crippen LogP contribution in [-0.4, -0.2) is 33.7 Å².